The standard InChI is InChI=1S/C17H26N2O4S/c1-13(2)24(21,22)11-14-4-3-5-15(10-14)19-16(20)17(12-18)6-8-23-9-7-17/h3-5,10,13H,6-9,11-12,18H2,1-2H3,(H,19,20). The molecule has 1 saturated heterocycles. The van der Waals surface area contributed by atoms with Crippen LogP contribution in [0.4, 0.5) is 5.69 Å². The molecule has 7 heteroatoms. The van der Waals surface area contributed by atoms with Crippen molar-refractivity contribution < 1.29 is 17.9 Å². The van der Waals surface area contributed by atoms with E-state index < -0.39 is 20.5 Å². The number of rotatable bonds is 6. The summed E-state index contributed by atoms with van der Waals surface area (Å²) in [6.45, 7) is 4.65. The number of nitrogens with two attached hydrogens (primary N) is 1. The predicted octanol–water partition coefficient (Wildman–Crippen LogP) is 1.70. The van der Waals surface area contributed by atoms with Crippen molar-refractivity contribution in [2.45, 2.75) is 37.7 Å². The van der Waals surface area contributed by atoms with E-state index in [0.717, 1.165) is 0 Å². The van der Waals surface area contributed by atoms with Gasteiger partial charge in [-0.25, -0.2) is 8.42 Å². The smallest absolute Gasteiger partial charge is 0.232 e. The minimum absolute atomic E-state index is 0.0375. The van der Waals surface area contributed by atoms with Crippen LogP contribution in [0.3, 0.4) is 0 Å². The summed E-state index contributed by atoms with van der Waals surface area (Å²) in [5.41, 5.74) is 6.49. The molecule has 0 bridgehead atoms. The van der Waals surface area contributed by atoms with Crippen molar-refractivity contribution in [1.29, 1.82) is 0 Å². The van der Waals surface area contributed by atoms with Gasteiger partial charge in [0.25, 0.3) is 0 Å². The minimum Gasteiger partial charge on any atom is -0.381 e. The number of carbonyl (C=O) groups excluding carboxylic acids is 1. The van der Waals surface area contributed by atoms with Crippen LogP contribution in [0, 0.1) is 5.41 Å². The van der Waals surface area contributed by atoms with Crippen molar-refractivity contribution in [3.63, 3.8) is 0 Å². The second-order valence-corrected chi connectivity index (χ2v) is 9.16. The number of nitrogens with one attached hydrogen (secondary N) is 1. The third-order valence-electron chi connectivity index (χ3n) is 4.59. The Labute approximate surface area is 143 Å². The van der Waals surface area contributed by atoms with Crippen molar-refractivity contribution in [1.82, 2.24) is 0 Å². The SMILES string of the molecule is CC(C)S(=O)(=O)Cc1cccc(NC(=O)C2(CN)CCOCC2)c1. The van der Waals surface area contributed by atoms with Crippen molar-refractivity contribution >= 4 is 21.4 Å². The second-order valence-electron chi connectivity index (χ2n) is 6.61. The summed E-state index contributed by atoms with van der Waals surface area (Å²) in [5.74, 6) is -0.165. The molecule has 3 N–H and O–H groups in total. The maximum absolute atomic E-state index is 12.7. The van der Waals surface area contributed by atoms with Gasteiger partial charge in [-0.3, -0.25) is 4.79 Å². The summed E-state index contributed by atoms with van der Waals surface area (Å²) in [6, 6.07) is 6.97. The van der Waals surface area contributed by atoms with Gasteiger partial charge in [-0.1, -0.05) is 12.1 Å². The topological polar surface area (TPSA) is 98.5 Å². The Hall–Kier alpha value is -1.44. The van der Waals surface area contributed by atoms with Gasteiger partial charge in [0, 0.05) is 25.4 Å². The highest BCUT2D eigenvalue weighted by Crippen LogP contribution is 2.31. The molecule has 6 nitrogen and oxygen atoms in total. The Morgan fingerprint density at radius 3 is 2.58 bits per heavy atom. The number of sulfone groups is 1. The molecule has 0 saturated carbocycles. The van der Waals surface area contributed by atoms with Crippen LogP contribution in [-0.4, -0.2) is 39.3 Å². The maximum atomic E-state index is 12.7. The van der Waals surface area contributed by atoms with Crippen molar-refractivity contribution in [3.05, 3.63) is 29.8 Å². The van der Waals surface area contributed by atoms with Crippen LogP contribution in [0.2, 0.25) is 0 Å². The van der Waals surface area contributed by atoms with Crippen molar-refractivity contribution in [2.24, 2.45) is 11.1 Å². The van der Waals surface area contributed by atoms with Crippen LogP contribution in [0.15, 0.2) is 24.3 Å². The van der Waals surface area contributed by atoms with Gasteiger partial charge in [0.05, 0.1) is 16.4 Å². The third kappa shape index (κ3) is 4.34. The minimum atomic E-state index is -3.18. The molecule has 1 fully saturated rings. The van der Waals surface area contributed by atoms with Crippen molar-refractivity contribution in [2.75, 3.05) is 25.1 Å². The summed E-state index contributed by atoms with van der Waals surface area (Å²) in [7, 11) is -3.18. The molecule has 0 spiro atoms. The van der Waals surface area contributed by atoms with E-state index in [2.05, 4.69) is 5.32 Å². The lowest BCUT2D eigenvalue weighted by atomic mass is 9.79. The van der Waals surface area contributed by atoms with Gasteiger partial charge in [0.1, 0.15) is 0 Å². The van der Waals surface area contributed by atoms with Gasteiger partial charge >= 0.3 is 0 Å². The number of hydrogen-bond donors (Lipinski definition) is 2. The summed E-state index contributed by atoms with van der Waals surface area (Å²) < 4.78 is 29.4. The van der Waals surface area contributed by atoms with Crippen LogP contribution < -0.4 is 11.1 Å². The monoisotopic (exact) mass is 354 g/mol. The molecular weight excluding hydrogens is 328 g/mol. The van der Waals surface area contributed by atoms with Crippen molar-refractivity contribution in [3.8, 4) is 0 Å². The molecule has 0 atom stereocenters. The predicted molar refractivity (Wildman–Crippen MR) is 94.4 cm³/mol. The molecule has 0 radical (unpaired) electrons. The van der Waals surface area contributed by atoms with Crippen LogP contribution in [0.1, 0.15) is 32.3 Å². The van der Waals surface area contributed by atoms with Gasteiger partial charge in [0.2, 0.25) is 5.91 Å². The molecule has 0 aromatic heterocycles. The fourth-order valence-electron chi connectivity index (χ4n) is 2.69. The molecular formula is C17H26N2O4S. The Morgan fingerprint density at radius 1 is 1.33 bits per heavy atom. The average molecular weight is 354 g/mol. The van der Waals surface area contributed by atoms with Gasteiger partial charge in [-0.05, 0) is 44.4 Å². The third-order valence-corrected chi connectivity index (χ3v) is 6.77. The van der Waals surface area contributed by atoms with Gasteiger partial charge in [-0.15, -0.1) is 0 Å². The van der Waals surface area contributed by atoms with E-state index in [1.54, 1.807) is 38.1 Å². The number of anilines is 1. The highest BCUT2D eigenvalue weighted by Gasteiger charge is 2.38. The van der Waals surface area contributed by atoms with E-state index in [1.807, 2.05) is 0 Å². The molecule has 0 unspecified atom stereocenters. The highest BCUT2D eigenvalue weighted by atomic mass is 32.2. The lowest BCUT2D eigenvalue weighted by Crippen LogP contribution is -2.46. The quantitative estimate of drug-likeness (QED) is 0.810. The Kier molecular flexibility index (Phi) is 6.01. The first kappa shape index (κ1) is 18.9. The van der Waals surface area contributed by atoms with E-state index in [1.165, 1.54) is 0 Å². The molecule has 1 aromatic rings. The second kappa shape index (κ2) is 7.63. The zero-order valence-electron chi connectivity index (χ0n) is 14.2. The first-order valence-corrected chi connectivity index (χ1v) is 9.90. The van der Waals surface area contributed by atoms with E-state index in [0.29, 0.717) is 37.3 Å². The van der Waals surface area contributed by atoms with Crippen LogP contribution in [-0.2, 0) is 25.1 Å². The molecule has 0 aliphatic carbocycles. The average Bonchev–Trinajstić information content (AvgIpc) is 2.55. The molecule has 1 aliphatic rings. The molecule has 2 rings (SSSR count). The summed E-state index contributed by atoms with van der Waals surface area (Å²) in [5, 5.41) is 2.46. The fraction of sp³-hybridized carbons (Fsp3) is 0.588. The number of carbonyl (C=O) groups is 1. The van der Waals surface area contributed by atoms with E-state index in [-0.39, 0.29) is 18.2 Å². The highest BCUT2D eigenvalue weighted by molar-refractivity contribution is 7.91. The first-order valence-electron chi connectivity index (χ1n) is 8.19. The molecule has 24 heavy (non-hydrogen) atoms. The van der Waals surface area contributed by atoms with Gasteiger partial charge in [-0.2, -0.15) is 0 Å². The molecule has 1 heterocycles. The fourth-order valence-corrected chi connectivity index (χ4v) is 3.67. The van der Waals surface area contributed by atoms with E-state index >= 15 is 0 Å². The Morgan fingerprint density at radius 2 is 2.00 bits per heavy atom. The molecule has 134 valence electrons. The Balaban J connectivity index is 2.13. The molecule has 1 amide bonds. The first-order chi connectivity index (χ1) is 11.3. The zero-order chi connectivity index (χ0) is 17.8. The summed E-state index contributed by atoms with van der Waals surface area (Å²) >= 11 is 0. The van der Waals surface area contributed by atoms with Gasteiger partial charge in [0.15, 0.2) is 9.84 Å². The zero-order valence-corrected chi connectivity index (χ0v) is 15.1. The van der Waals surface area contributed by atoms with Crippen LogP contribution >= 0.6 is 0 Å². The molecule has 1 aliphatic heterocycles. The van der Waals surface area contributed by atoms with E-state index in [4.69, 9.17) is 10.5 Å². The number of amides is 1. The van der Waals surface area contributed by atoms with E-state index in [9.17, 15) is 13.2 Å². The van der Waals surface area contributed by atoms with Crippen LogP contribution in [0.5, 0.6) is 0 Å². The largest absolute Gasteiger partial charge is 0.381 e. The molecule has 1 aromatic carbocycles. The number of benzene rings is 1. The van der Waals surface area contributed by atoms with Crippen LogP contribution in [0.25, 0.3) is 0 Å². The lowest BCUT2D eigenvalue weighted by molar-refractivity contribution is -0.130. The lowest BCUT2D eigenvalue weighted by Gasteiger charge is -2.34. The maximum Gasteiger partial charge on any atom is 0.232 e. The number of hydrogen-bond acceptors (Lipinski definition) is 5. The van der Waals surface area contributed by atoms with Gasteiger partial charge < -0.3 is 15.8 Å². The number of ether oxygens (including phenoxy) is 1. The normalized spacial score (nSPS) is 17.7. The summed E-state index contributed by atoms with van der Waals surface area (Å²) in [6.07, 6.45) is 1.19. The summed E-state index contributed by atoms with van der Waals surface area (Å²) in [4.78, 5) is 12.7. The Bertz CT molecular complexity index is 680.